The van der Waals surface area contributed by atoms with E-state index < -0.39 is 5.82 Å². The van der Waals surface area contributed by atoms with Gasteiger partial charge in [-0.15, -0.1) is 10.2 Å². The molecule has 3 rings (SSSR count). The SMILES string of the molecule is Nc1nnc(-c2cc(F)cc(Cl)c2)c2ccccc12. The van der Waals surface area contributed by atoms with Gasteiger partial charge in [0.05, 0.1) is 0 Å². The third-order valence-corrected chi connectivity index (χ3v) is 3.07. The molecule has 3 aromatic rings. The Morgan fingerprint density at radius 1 is 1.00 bits per heavy atom. The van der Waals surface area contributed by atoms with E-state index in [1.165, 1.54) is 12.1 Å². The van der Waals surface area contributed by atoms with E-state index in [0.717, 1.165) is 10.8 Å². The summed E-state index contributed by atoms with van der Waals surface area (Å²) in [5, 5.41) is 9.88. The lowest BCUT2D eigenvalue weighted by molar-refractivity contribution is 0.628. The monoisotopic (exact) mass is 273 g/mol. The zero-order valence-corrected chi connectivity index (χ0v) is 10.5. The summed E-state index contributed by atoms with van der Waals surface area (Å²) in [6.07, 6.45) is 0. The molecular formula is C14H9ClFN3. The summed E-state index contributed by atoms with van der Waals surface area (Å²) < 4.78 is 13.4. The Balaban J connectivity index is 2.34. The zero-order chi connectivity index (χ0) is 13.4. The lowest BCUT2D eigenvalue weighted by atomic mass is 10.0. The molecule has 0 aliphatic carbocycles. The van der Waals surface area contributed by atoms with E-state index in [9.17, 15) is 4.39 Å². The quantitative estimate of drug-likeness (QED) is 0.736. The molecule has 1 aromatic heterocycles. The minimum Gasteiger partial charge on any atom is -0.382 e. The number of anilines is 1. The Labute approximate surface area is 113 Å². The Hall–Kier alpha value is -2.20. The van der Waals surface area contributed by atoms with Crippen LogP contribution < -0.4 is 5.73 Å². The third-order valence-electron chi connectivity index (χ3n) is 2.85. The van der Waals surface area contributed by atoms with Crippen molar-refractivity contribution >= 4 is 28.2 Å². The topological polar surface area (TPSA) is 51.8 Å². The minimum atomic E-state index is -0.412. The largest absolute Gasteiger partial charge is 0.382 e. The molecule has 0 bridgehead atoms. The average molecular weight is 274 g/mol. The van der Waals surface area contributed by atoms with Gasteiger partial charge in [-0.1, -0.05) is 35.9 Å². The summed E-state index contributed by atoms with van der Waals surface area (Å²) in [5.41, 5.74) is 6.93. The first-order chi connectivity index (χ1) is 9.15. The van der Waals surface area contributed by atoms with Crippen LogP contribution in [0, 0.1) is 5.82 Å². The maximum absolute atomic E-state index is 13.4. The van der Waals surface area contributed by atoms with Crippen molar-refractivity contribution in [3.8, 4) is 11.3 Å². The number of fused-ring (bicyclic) bond motifs is 1. The van der Waals surface area contributed by atoms with Gasteiger partial charge in [-0.3, -0.25) is 0 Å². The van der Waals surface area contributed by atoms with Crippen molar-refractivity contribution in [3.63, 3.8) is 0 Å². The first-order valence-corrected chi connectivity index (χ1v) is 6.00. The molecular weight excluding hydrogens is 265 g/mol. The minimum absolute atomic E-state index is 0.317. The van der Waals surface area contributed by atoms with Crippen LogP contribution in [0.4, 0.5) is 10.2 Å². The highest BCUT2D eigenvalue weighted by atomic mass is 35.5. The summed E-state index contributed by atoms with van der Waals surface area (Å²) in [5.74, 6) is -0.0629. The lowest BCUT2D eigenvalue weighted by Crippen LogP contribution is -1.97. The van der Waals surface area contributed by atoms with Crippen LogP contribution in [-0.4, -0.2) is 10.2 Å². The molecule has 0 saturated heterocycles. The molecule has 0 amide bonds. The predicted molar refractivity (Wildman–Crippen MR) is 74.4 cm³/mol. The number of nitrogens with zero attached hydrogens (tertiary/aromatic N) is 2. The smallest absolute Gasteiger partial charge is 0.154 e. The predicted octanol–water partition coefficient (Wildman–Crippen LogP) is 3.67. The number of halogens is 2. The maximum atomic E-state index is 13.4. The molecule has 0 fully saturated rings. The van der Waals surface area contributed by atoms with Crippen molar-refractivity contribution in [1.82, 2.24) is 10.2 Å². The summed E-state index contributed by atoms with van der Waals surface area (Å²) in [7, 11) is 0. The number of nitrogen functional groups attached to an aromatic ring is 1. The fourth-order valence-corrected chi connectivity index (χ4v) is 2.25. The second-order valence-electron chi connectivity index (χ2n) is 4.14. The number of nitrogens with two attached hydrogens (primary N) is 1. The number of hydrogen-bond acceptors (Lipinski definition) is 3. The fourth-order valence-electron chi connectivity index (χ4n) is 2.03. The Kier molecular flexibility index (Phi) is 2.80. The molecule has 19 heavy (non-hydrogen) atoms. The highest BCUT2D eigenvalue weighted by Crippen LogP contribution is 2.30. The summed E-state index contributed by atoms with van der Waals surface area (Å²) in [4.78, 5) is 0. The van der Waals surface area contributed by atoms with Crippen LogP contribution in [0.25, 0.3) is 22.0 Å². The van der Waals surface area contributed by atoms with E-state index in [2.05, 4.69) is 10.2 Å². The van der Waals surface area contributed by atoms with E-state index in [4.69, 9.17) is 17.3 Å². The van der Waals surface area contributed by atoms with Gasteiger partial charge in [0.1, 0.15) is 11.5 Å². The standard InChI is InChI=1S/C14H9ClFN3/c15-9-5-8(6-10(16)7-9)13-11-3-1-2-4-12(11)14(17)19-18-13/h1-7H,(H2,17,19). The molecule has 0 radical (unpaired) electrons. The molecule has 0 atom stereocenters. The van der Waals surface area contributed by atoms with Crippen LogP contribution in [0.2, 0.25) is 5.02 Å². The van der Waals surface area contributed by atoms with Crippen molar-refractivity contribution in [1.29, 1.82) is 0 Å². The molecule has 2 N–H and O–H groups in total. The number of benzene rings is 2. The molecule has 1 heterocycles. The molecule has 2 aromatic carbocycles. The molecule has 5 heteroatoms. The van der Waals surface area contributed by atoms with Crippen LogP contribution in [0.3, 0.4) is 0 Å². The normalized spacial score (nSPS) is 10.8. The first kappa shape index (κ1) is 11.9. The molecule has 0 aliphatic rings. The van der Waals surface area contributed by atoms with Gasteiger partial charge >= 0.3 is 0 Å². The van der Waals surface area contributed by atoms with Gasteiger partial charge in [0.2, 0.25) is 0 Å². The van der Waals surface area contributed by atoms with Crippen molar-refractivity contribution in [2.24, 2.45) is 0 Å². The zero-order valence-electron chi connectivity index (χ0n) is 9.77. The average Bonchev–Trinajstić information content (AvgIpc) is 2.38. The van der Waals surface area contributed by atoms with Crippen LogP contribution in [0.5, 0.6) is 0 Å². The van der Waals surface area contributed by atoms with Crippen LogP contribution >= 0.6 is 11.6 Å². The van der Waals surface area contributed by atoms with Crippen LogP contribution in [0.15, 0.2) is 42.5 Å². The molecule has 3 nitrogen and oxygen atoms in total. The molecule has 0 unspecified atom stereocenters. The first-order valence-electron chi connectivity index (χ1n) is 5.62. The van der Waals surface area contributed by atoms with Crippen molar-refractivity contribution < 1.29 is 4.39 Å². The third kappa shape index (κ3) is 2.11. The molecule has 94 valence electrons. The number of rotatable bonds is 1. The fraction of sp³-hybridized carbons (Fsp3) is 0. The van der Waals surface area contributed by atoms with E-state index in [1.54, 1.807) is 6.07 Å². The van der Waals surface area contributed by atoms with Gasteiger partial charge in [0.25, 0.3) is 0 Å². The van der Waals surface area contributed by atoms with Crippen molar-refractivity contribution in [2.75, 3.05) is 5.73 Å². The van der Waals surface area contributed by atoms with Gasteiger partial charge in [-0.05, 0) is 18.2 Å². The molecule has 0 aliphatic heterocycles. The highest BCUT2D eigenvalue weighted by molar-refractivity contribution is 6.30. The number of hydrogen-bond donors (Lipinski definition) is 1. The van der Waals surface area contributed by atoms with Crippen molar-refractivity contribution in [3.05, 3.63) is 53.3 Å². The summed E-state index contributed by atoms with van der Waals surface area (Å²) in [6.45, 7) is 0. The van der Waals surface area contributed by atoms with Gasteiger partial charge in [-0.25, -0.2) is 4.39 Å². The summed E-state index contributed by atoms with van der Waals surface area (Å²) in [6, 6.07) is 11.7. The second-order valence-corrected chi connectivity index (χ2v) is 4.57. The van der Waals surface area contributed by atoms with Crippen molar-refractivity contribution in [2.45, 2.75) is 0 Å². The Morgan fingerprint density at radius 2 is 1.74 bits per heavy atom. The highest BCUT2D eigenvalue weighted by Gasteiger charge is 2.10. The summed E-state index contributed by atoms with van der Waals surface area (Å²) >= 11 is 5.87. The molecule has 0 saturated carbocycles. The van der Waals surface area contributed by atoms with E-state index in [1.807, 2.05) is 24.3 Å². The van der Waals surface area contributed by atoms with Gasteiger partial charge in [-0.2, -0.15) is 0 Å². The Bertz CT molecular complexity index is 753. The second kappa shape index (κ2) is 4.48. The van der Waals surface area contributed by atoms with E-state index in [-0.39, 0.29) is 0 Å². The van der Waals surface area contributed by atoms with Gasteiger partial charge in [0.15, 0.2) is 5.82 Å². The lowest BCUT2D eigenvalue weighted by Gasteiger charge is -2.07. The Morgan fingerprint density at radius 3 is 2.47 bits per heavy atom. The van der Waals surface area contributed by atoms with Gasteiger partial charge in [0, 0.05) is 21.4 Å². The number of aromatic nitrogens is 2. The van der Waals surface area contributed by atoms with E-state index in [0.29, 0.717) is 22.1 Å². The maximum Gasteiger partial charge on any atom is 0.154 e. The van der Waals surface area contributed by atoms with Crippen LogP contribution in [0.1, 0.15) is 0 Å². The molecule has 0 spiro atoms. The van der Waals surface area contributed by atoms with Gasteiger partial charge < -0.3 is 5.73 Å². The van der Waals surface area contributed by atoms with E-state index >= 15 is 0 Å². The van der Waals surface area contributed by atoms with Crippen LogP contribution in [-0.2, 0) is 0 Å².